The van der Waals surface area contributed by atoms with Crippen molar-refractivity contribution in [3.8, 4) is 5.75 Å². The van der Waals surface area contributed by atoms with E-state index in [4.69, 9.17) is 11.5 Å². The monoisotopic (exact) mass is 507 g/mol. The Labute approximate surface area is 215 Å². The molecule has 2 aromatic rings. The van der Waals surface area contributed by atoms with Gasteiger partial charge in [-0.15, -0.1) is 0 Å². The first-order valence-corrected chi connectivity index (χ1v) is 12.6. The van der Waals surface area contributed by atoms with Crippen molar-refractivity contribution in [3.05, 3.63) is 65.7 Å². The Bertz CT molecular complexity index is 1140. The highest BCUT2D eigenvalue weighted by molar-refractivity contribution is 5.95. The van der Waals surface area contributed by atoms with Crippen LogP contribution in [0.3, 0.4) is 0 Å². The second kappa shape index (κ2) is 11.4. The Morgan fingerprint density at radius 3 is 2.11 bits per heavy atom. The summed E-state index contributed by atoms with van der Waals surface area (Å²) in [5.74, 6) is -1.64. The predicted octanol–water partition coefficient (Wildman–Crippen LogP) is 0.587. The van der Waals surface area contributed by atoms with Crippen molar-refractivity contribution in [1.82, 2.24) is 15.1 Å². The molecule has 0 spiro atoms. The number of hydrogen-bond donors (Lipinski definition) is 4. The topological polar surface area (TPSA) is 159 Å². The molecule has 10 nitrogen and oxygen atoms in total. The van der Waals surface area contributed by atoms with Crippen LogP contribution in [-0.2, 0) is 25.6 Å². The van der Waals surface area contributed by atoms with Crippen LogP contribution < -0.4 is 16.8 Å². The SMILES string of the molecule is NC(=O)[C@@H]1CCCN1C(=O)[C@@H](NC(=O)[C@@H]1CCCN1C(=O)[C@@H](N)Cc1ccc(O)cc1)c1ccccc1. The number of nitrogens with two attached hydrogens (primary N) is 2. The van der Waals surface area contributed by atoms with E-state index in [0.717, 1.165) is 5.56 Å². The lowest BCUT2D eigenvalue weighted by Gasteiger charge is -2.31. The molecule has 0 bridgehead atoms. The van der Waals surface area contributed by atoms with Crippen LogP contribution in [0.4, 0.5) is 0 Å². The third-order valence-corrected chi connectivity index (χ3v) is 7.08. The van der Waals surface area contributed by atoms with Crippen LogP contribution in [-0.4, -0.2) is 69.8 Å². The number of phenolic OH excluding ortho intramolecular Hbond substituents is 1. The normalized spacial score (nSPS) is 20.9. The van der Waals surface area contributed by atoms with Crippen LogP contribution in [0.5, 0.6) is 5.75 Å². The first-order valence-electron chi connectivity index (χ1n) is 12.6. The summed E-state index contributed by atoms with van der Waals surface area (Å²) in [4.78, 5) is 55.0. The van der Waals surface area contributed by atoms with Gasteiger partial charge in [0.2, 0.25) is 23.6 Å². The highest BCUT2D eigenvalue weighted by Crippen LogP contribution is 2.25. The summed E-state index contributed by atoms with van der Waals surface area (Å²) in [7, 11) is 0. The maximum absolute atomic E-state index is 13.5. The van der Waals surface area contributed by atoms with Crippen molar-refractivity contribution >= 4 is 23.6 Å². The molecule has 0 aromatic heterocycles. The van der Waals surface area contributed by atoms with Gasteiger partial charge in [-0.25, -0.2) is 0 Å². The summed E-state index contributed by atoms with van der Waals surface area (Å²) < 4.78 is 0. The fourth-order valence-electron chi connectivity index (χ4n) is 5.15. The molecule has 2 aromatic carbocycles. The highest BCUT2D eigenvalue weighted by atomic mass is 16.3. The molecule has 0 saturated carbocycles. The molecule has 4 amide bonds. The minimum absolute atomic E-state index is 0.124. The van der Waals surface area contributed by atoms with Gasteiger partial charge in [0.15, 0.2) is 0 Å². The van der Waals surface area contributed by atoms with Crippen molar-refractivity contribution in [2.75, 3.05) is 13.1 Å². The lowest BCUT2D eigenvalue weighted by Crippen LogP contribution is -2.54. The van der Waals surface area contributed by atoms with Gasteiger partial charge in [-0.3, -0.25) is 19.2 Å². The molecule has 4 atom stereocenters. The van der Waals surface area contributed by atoms with Crippen LogP contribution in [0.15, 0.2) is 54.6 Å². The average Bonchev–Trinajstić information content (AvgIpc) is 3.58. The molecule has 37 heavy (non-hydrogen) atoms. The fourth-order valence-corrected chi connectivity index (χ4v) is 5.15. The maximum atomic E-state index is 13.5. The Morgan fingerprint density at radius 1 is 0.892 bits per heavy atom. The molecule has 10 heteroatoms. The number of hydrogen-bond acceptors (Lipinski definition) is 6. The summed E-state index contributed by atoms with van der Waals surface area (Å²) in [6.07, 6.45) is 2.49. The number of amides is 4. The van der Waals surface area contributed by atoms with Crippen LogP contribution in [0.25, 0.3) is 0 Å². The van der Waals surface area contributed by atoms with Gasteiger partial charge in [-0.1, -0.05) is 42.5 Å². The van der Waals surface area contributed by atoms with Crippen molar-refractivity contribution in [3.63, 3.8) is 0 Å². The molecule has 2 aliphatic heterocycles. The number of rotatable bonds is 8. The zero-order chi connectivity index (χ0) is 26.5. The van der Waals surface area contributed by atoms with E-state index in [0.29, 0.717) is 44.3 Å². The minimum atomic E-state index is -1.02. The summed E-state index contributed by atoms with van der Waals surface area (Å²) >= 11 is 0. The molecule has 2 fully saturated rings. The molecular weight excluding hydrogens is 474 g/mol. The third kappa shape index (κ3) is 5.91. The molecule has 196 valence electrons. The summed E-state index contributed by atoms with van der Waals surface area (Å²) in [5, 5.41) is 12.3. The van der Waals surface area contributed by atoms with Crippen molar-refractivity contribution in [2.24, 2.45) is 11.5 Å². The zero-order valence-electron chi connectivity index (χ0n) is 20.6. The number of carbonyl (C=O) groups excluding carboxylic acids is 4. The van der Waals surface area contributed by atoms with Crippen LogP contribution in [0.2, 0.25) is 0 Å². The first kappa shape index (κ1) is 26.2. The predicted molar refractivity (Wildman–Crippen MR) is 136 cm³/mol. The smallest absolute Gasteiger partial charge is 0.250 e. The Morgan fingerprint density at radius 2 is 1.49 bits per heavy atom. The van der Waals surface area contributed by atoms with E-state index >= 15 is 0 Å². The standard InChI is InChI=1S/C27H33N5O5/c28-20(16-17-10-12-19(33)13-11-17)26(36)32-15-5-9-22(32)25(35)30-23(18-6-2-1-3-7-18)27(37)31-14-4-8-21(31)24(29)34/h1-3,6-7,10-13,20-23,33H,4-5,8-9,14-16,28H2,(H2,29,34)(H,30,35)/t20-,21-,22-,23-/m0/s1. The van der Waals surface area contributed by atoms with Gasteiger partial charge < -0.3 is 31.7 Å². The van der Waals surface area contributed by atoms with E-state index in [2.05, 4.69) is 5.32 Å². The number of carbonyl (C=O) groups is 4. The van der Waals surface area contributed by atoms with Gasteiger partial charge >= 0.3 is 0 Å². The van der Waals surface area contributed by atoms with Crippen LogP contribution in [0, 0.1) is 0 Å². The molecule has 0 aliphatic carbocycles. The number of nitrogens with one attached hydrogen (secondary N) is 1. The molecule has 4 rings (SSSR count). The van der Waals surface area contributed by atoms with Gasteiger partial charge in [0.05, 0.1) is 6.04 Å². The average molecular weight is 508 g/mol. The molecule has 2 saturated heterocycles. The van der Waals surface area contributed by atoms with Crippen molar-refractivity contribution in [1.29, 1.82) is 0 Å². The van der Waals surface area contributed by atoms with E-state index in [9.17, 15) is 24.3 Å². The lowest BCUT2D eigenvalue weighted by atomic mass is 10.0. The molecule has 2 aliphatic rings. The number of aromatic hydroxyl groups is 1. The van der Waals surface area contributed by atoms with Crippen molar-refractivity contribution < 1.29 is 24.3 Å². The van der Waals surface area contributed by atoms with E-state index in [1.165, 1.54) is 21.9 Å². The van der Waals surface area contributed by atoms with Gasteiger partial charge in [0, 0.05) is 13.1 Å². The maximum Gasteiger partial charge on any atom is 0.250 e. The number of likely N-dealkylation sites (tertiary alicyclic amines) is 2. The van der Waals surface area contributed by atoms with E-state index in [1.807, 2.05) is 6.07 Å². The number of phenols is 1. The number of nitrogens with zero attached hydrogens (tertiary/aromatic N) is 2. The van der Waals surface area contributed by atoms with Gasteiger partial charge in [0.25, 0.3) is 0 Å². The minimum Gasteiger partial charge on any atom is -0.508 e. The summed E-state index contributed by atoms with van der Waals surface area (Å²) in [6.45, 7) is 0.770. The molecule has 0 unspecified atom stereocenters. The van der Waals surface area contributed by atoms with Gasteiger partial charge in [-0.2, -0.15) is 0 Å². The fraction of sp³-hybridized carbons (Fsp3) is 0.407. The Balaban J connectivity index is 1.49. The second-order valence-corrected chi connectivity index (χ2v) is 9.61. The van der Waals surface area contributed by atoms with Crippen LogP contribution in [0.1, 0.15) is 42.9 Å². The summed E-state index contributed by atoms with van der Waals surface area (Å²) in [6, 6.07) is 11.9. The van der Waals surface area contributed by atoms with E-state index in [-0.39, 0.29) is 18.1 Å². The Kier molecular flexibility index (Phi) is 8.08. The molecule has 6 N–H and O–H groups in total. The Hall–Kier alpha value is -3.92. The van der Waals surface area contributed by atoms with E-state index < -0.39 is 41.9 Å². The second-order valence-electron chi connectivity index (χ2n) is 9.61. The first-order chi connectivity index (χ1) is 17.8. The third-order valence-electron chi connectivity index (χ3n) is 7.08. The number of primary amides is 1. The highest BCUT2D eigenvalue weighted by Gasteiger charge is 2.40. The largest absolute Gasteiger partial charge is 0.508 e. The summed E-state index contributed by atoms with van der Waals surface area (Å²) in [5.41, 5.74) is 13.1. The van der Waals surface area contributed by atoms with Crippen LogP contribution >= 0.6 is 0 Å². The van der Waals surface area contributed by atoms with E-state index in [1.54, 1.807) is 36.4 Å². The quantitative estimate of drug-likeness (QED) is 0.409. The molecule has 0 radical (unpaired) electrons. The van der Waals surface area contributed by atoms with Gasteiger partial charge in [-0.05, 0) is 55.4 Å². The molecular formula is C27H33N5O5. The molecule has 2 heterocycles. The van der Waals surface area contributed by atoms with Crippen molar-refractivity contribution in [2.45, 2.75) is 56.3 Å². The van der Waals surface area contributed by atoms with Gasteiger partial charge in [0.1, 0.15) is 23.9 Å². The lowest BCUT2D eigenvalue weighted by molar-refractivity contribution is -0.143. The number of benzene rings is 2. The zero-order valence-corrected chi connectivity index (χ0v) is 20.6.